The second kappa shape index (κ2) is 4.97. The topological polar surface area (TPSA) is 56.7 Å². The fourth-order valence-corrected chi connectivity index (χ4v) is 1.15. The Hall–Kier alpha value is -0.900. The van der Waals surface area contributed by atoms with E-state index in [2.05, 4.69) is 17.0 Å². The minimum atomic E-state index is -0.0626. The molecule has 0 bridgehead atoms. The molecule has 4 nitrogen and oxygen atoms in total. The monoisotopic (exact) mass is 182 g/mol. The summed E-state index contributed by atoms with van der Waals surface area (Å²) in [5.41, 5.74) is 5.64. The van der Waals surface area contributed by atoms with Gasteiger partial charge in [0.05, 0.1) is 6.04 Å². The Morgan fingerprint density at radius 2 is 2.31 bits per heavy atom. The van der Waals surface area contributed by atoms with Crippen molar-refractivity contribution in [3.05, 3.63) is 12.2 Å². The number of hydrogen-bond acceptors (Lipinski definition) is 3. The van der Waals surface area contributed by atoms with Gasteiger partial charge in [-0.3, -0.25) is 4.68 Å². The molecule has 1 rings (SSSR count). The predicted octanol–water partition coefficient (Wildman–Crippen LogP) is 1.49. The average molecular weight is 182 g/mol. The van der Waals surface area contributed by atoms with Crippen molar-refractivity contribution in [2.24, 2.45) is 5.73 Å². The molecule has 0 aliphatic rings. The maximum absolute atomic E-state index is 5.64. The highest BCUT2D eigenvalue weighted by Crippen LogP contribution is 2.02. The smallest absolute Gasteiger partial charge is 0.166 e. The van der Waals surface area contributed by atoms with Crippen LogP contribution in [0.3, 0.4) is 0 Å². The van der Waals surface area contributed by atoms with E-state index in [0.717, 1.165) is 18.8 Å². The zero-order valence-corrected chi connectivity index (χ0v) is 8.40. The lowest BCUT2D eigenvalue weighted by Gasteiger charge is -1.99. The van der Waals surface area contributed by atoms with Crippen LogP contribution in [0.15, 0.2) is 6.33 Å². The lowest BCUT2D eigenvalue weighted by molar-refractivity contribution is 0.543. The molecule has 0 spiro atoms. The molecule has 0 aliphatic carbocycles. The summed E-state index contributed by atoms with van der Waals surface area (Å²) < 4.78 is 1.87. The largest absolute Gasteiger partial charge is 0.321 e. The second-order valence-corrected chi connectivity index (χ2v) is 3.36. The van der Waals surface area contributed by atoms with Gasteiger partial charge in [-0.05, 0) is 13.3 Å². The van der Waals surface area contributed by atoms with Crippen LogP contribution in [-0.4, -0.2) is 14.8 Å². The van der Waals surface area contributed by atoms with E-state index >= 15 is 0 Å². The first kappa shape index (κ1) is 10.2. The van der Waals surface area contributed by atoms with Crippen LogP contribution >= 0.6 is 0 Å². The van der Waals surface area contributed by atoms with Crippen LogP contribution < -0.4 is 5.73 Å². The Labute approximate surface area is 79.2 Å². The first-order valence-electron chi connectivity index (χ1n) is 4.89. The highest BCUT2D eigenvalue weighted by molar-refractivity contribution is 4.87. The first-order chi connectivity index (χ1) is 6.24. The molecule has 0 saturated carbocycles. The molecule has 0 aromatic carbocycles. The number of nitrogens with two attached hydrogens (primary N) is 1. The Morgan fingerprint density at radius 3 is 2.85 bits per heavy atom. The number of rotatable bonds is 5. The lowest BCUT2D eigenvalue weighted by Crippen LogP contribution is -2.08. The molecule has 1 aromatic rings. The van der Waals surface area contributed by atoms with E-state index in [1.807, 2.05) is 11.6 Å². The number of aryl methyl sites for hydroxylation is 1. The van der Waals surface area contributed by atoms with Gasteiger partial charge in [0.1, 0.15) is 6.33 Å². The number of aromatic nitrogens is 3. The van der Waals surface area contributed by atoms with E-state index < -0.39 is 0 Å². The maximum atomic E-state index is 5.64. The molecule has 0 saturated heterocycles. The third-order valence-electron chi connectivity index (χ3n) is 1.95. The summed E-state index contributed by atoms with van der Waals surface area (Å²) >= 11 is 0. The van der Waals surface area contributed by atoms with Gasteiger partial charge < -0.3 is 5.73 Å². The minimum absolute atomic E-state index is 0.0626. The predicted molar refractivity (Wildman–Crippen MR) is 52.1 cm³/mol. The van der Waals surface area contributed by atoms with Crippen LogP contribution in [0.1, 0.15) is 45.0 Å². The summed E-state index contributed by atoms with van der Waals surface area (Å²) in [5.74, 6) is 0.733. The molecule has 2 N–H and O–H groups in total. The van der Waals surface area contributed by atoms with Crippen molar-refractivity contribution < 1.29 is 0 Å². The van der Waals surface area contributed by atoms with Gasteiger partial charge in [-0.25, -0.2) is 4.98 Å². The van der Waals surface area contributed by atoms with E-state index in [9.17, 15) is 0 Å². The second-order valence-electron chi connectivity index (χ2n) is 3.36. The number of unbranched alkanes of at least 4 members (excludes halogenated alkanes) is 2. The van der Waals surface area contributed by atoms with Gasteiger partial charge in [-0.2, -0.15) is 5.10 Å². The highest BCUT2D eigenvalue weighted by Gasteiger charge is 2.04. The zero-order valence-electron chi connectivity index (χ0n) is 8.40. The summed E-state index contributed by atoms with van der Waals surface area (Å²) in [4.78, 5) is 4.12. The van der Waals surface area contributed by atoms with Crippen LogP contribution in [-0.2, 0) is 6.54 Å². The lowest BCUT2D eigenvalue weighted by atomic mass is 10.2. The van der Waals surface area contributed by atoms with Gasteiger partial charge in [0.2, 0.25) is 0 Å². The van der Waals surface area contributed by atoms with Crippen molar-refractivity contribution in [2.75, 3.05) is 0 Å². The van der Waals surface area contributed by atoms with Crippen molar-refractivity contribution in [2.45, 2.75) is 45.7 Å². The Morgan fingerprint density at radius 1 is 1.54 bits per heavy atom. The van der Waals surface area contributed by atoms with Gasteiger partial charge >= 0.3 is 0 Å². The van der Waals surface area contributed by atoms with Gasteiger partial charge in [0.15, 0.2) is 5.82 Å². The summed E-state index contributed by atoms with van der Waals surface area (Å²) in [5, 5.41) is 4.26. The molecule has 0 fully saturated rings. The molecular weight excluding hydrogens is 164 g/mol. The third kappa shape index (κ3) is 3.14. The molecule has 0 aliphatic heterocycles. The molecule has 4 heteroatoms. The molecule has 1 aromatic heterocycles. The Balaban J connectivity index is 2.40. The Kier molecular flexibility index (Phi) is 3.89. The molecule has 1 heterocycles. The molecule has 74 valence electrons. The summed E-state index contributed by atoms with van der Waals surface area (Å²) in [6.07, 6.45) is 5.40. The molecule has 0 radical (unpaired) electrons. The van der Waals surface area contributed by atoms with Crippen LogP contribution in [0.4, 0.5) is 0 Å². The number of hydrogen-bond donors (Lipinski definition) is 1. The normalized spacial score (nSPS) is 13.2. The van der Waals surface area contributed by atoms with Gasteiger partial charge in [0.25, 0.3) is 0 Å². The van der Waals surface area contributed by atoms with Crippen LogP contribution in [0.2, 0.25) is 0 Å². The summed E-state index contributed by atoms with van der Waals surface area (Å²) in [6.45, 7) is 5.04. The van der Waals surface area contributed by atoms with E-state index in [0.29, 0.717) is 0 Å². The molecule has 13 heavy (non-hydrogen) atoms. The van der Waals surface area contributed by atoms with Gasteiger partial charge in [-0.15, -0.1) is 0 Å². The Bertz CT molecular complexity index is 242. The van der Waals surface area contributed by atoms with Crippen molar-refractivity contribution >= 4 is 0 Å². The summed E-state index contributed by atoms with van der Waals surface area (Å²) in [7, 11) is 0. The standard InChI is InChI=1S/C9H18N4/c1-3-4-5-6-13-7-11-9(12-13)8(2)10/h7-8H,3-6,10H2,1-2H3. The molecular formula is C9H18N4. The third-order valence-corrected chi connectivity index (χ3v) is 1.95. The van der Waals surface area contributed by atoms with Crippen LogP contribution in [0, 0.1) is 0 Å². The fraction of sp³-hybridized carbons (Fsp3) is 0.778. The van der Waals surface area contributed by atoms with Crippen LogP contribution in [0.5, 0.6) is 0 Å². The fourth-order valence-electron chi connectivity index (χ4n) is 1.15. The molecule has 1 atom stereocenters. The van der Waals surface area contributed by atoms with Gasteiger partial charge in [0, 0.05) is 6.54 Å². The van der Waals surface area contributed by atoms with E-state index in [4.69, 9.17) is 5.73 Å². The molecule has 1 unspecified atom stereocenters. The average Bonchev–Trinajstić information content (AvgIpc) is 2.53. The quantitative estimate of drug-likeness (QED) is 0.702. The van der Waals surface area contributed by atoms with Crippen LogP contribution in [0.25, 0.3) is 0 Å². The van der Waals surface area contributed by atoms with E-state index in [1.165, 1.54) is 12.8 Å². The minimum Gasteiger partial charge on any atom is -0.321 e. The zero-order chi connectivity index (χ0) is 9.68. The van der Waals surface area contributed by atoms with Crippen molar-refractivity contribution in [1.82, 2.24) is 14.8 Å². The van der Waals surface area contributed by atoms with E-state index in [1.54, 1.807) is 6.33 Å². The van der Waals surface area contributed by atoms with Crippen molar-refractivity contribution in [3.8, 4) is 0 Å². The van der Waals surface area contributed by atoms with Crippen molar-refractivity contribution in [1.29, 1.82) is 0 Å². The van der Waals surface area contributed by atoms with Gasteiger partial charge in [-0.1, -0.05) is 19.8 Å². The van der Waals surface area contributed by atoms with E-state index in [-0.39, 0.29) is 6.04 Å². The highest BCUT2D eigenvalue weighted by atomic mass is 15.3. The molecule has 0 amide bonds. The summed E-state index contributed by atoms with van der Waals surface area (Å²) in [6, 6.07) is -0.0626. The maximum Gasteiger partial charge on any atom is 0.166 e. The SMILES string of the molecule is CCCCCn1cnc(C(C)N)n1. The van der Waals surface area contributed by atoms with Crippen molar-refractivity contribution in [3.63, 3.8) is 0 Å². The first-order valence-corrected chi connectivity index (χ1v) is 4.89. The number of nitrogens with zero attached hydrogens (tertiary/aromatic N) is 3.